The molecule has 0 bridgehead atoms. The Hall–Kier alpha value is -1.22. The van der Waals surface area contributed by atoms with Crippen LogP contribution in [-0.4, -0.2) is 20.1 Å². The Labute approximate surface area is 82.3 Å². The number of benzene rings is 1. The zero-order valence-electron chi connectivity index (χ0n) is 7.54. The molecule has 0 unspecified atom stereocenters. The number of hydrogen-bond donors (Lipinski definition) is 1. The van der Waals surface area contributed by atoms with Crippen LogP contribution in [-0.2, 0) is 0 Å². The second-order valence-electron chi connectivity index (χ2n) is 2.59. The highest BCUT2D eigenvalue weighted by Crippen LogP contribution is 2.16. The van der Waals surface area contributed by atoms with E-state index in [0.717, 1.165) is 5.69 Å². The summed E-state index contributed by atoms with van der Waals surface area (Å²) in [7, 11) is 3.29. The minimum Gasteiger partial charge on any atom is -0.341 e. The molecule has 0 radical (unpaired) electrons. The maximum absolute atomic E-state index is 11.2. The van der Waals surface area contributed by atoms with E-state index in [9.17, 15) is 4.79 Å². The predicted octanol–water partition coefficient (Wildman–Crippen LogP) is 2.12. The van der Waals surface area contributed by atoms with Crippen LogP contribution < -0.4 is 10.2 Å². The van der Waals surface area contributed by atoms with Gasteiger partial charge in [0.2, 0.25) is 0 Å². The highest BCUT2D eigenvalue weighted by atomic mass is 35.5. The minimum atomic E-state index is -0.151. The number of carbonyl (C=O) groups excluding carboxylic acids is 1. The summed E-state index contributed by atoms with van der Waals surface area (Å²) in [5.74, 6) is 0. The quantitative estimate of drug-likeness (QED) is 0.737. The first-order valence-corrected chi connectivity index (χ1v) is 4.24. The Morgan fingerprint density at radius 3 is 2.38 bits per heavy atom. The Morgan fingerprint density at radius 1 is 1.38 bits per heavy atom. The lowest BCUT2D eigenvalue weighted by Crippen LogP contribution is -2.34. The molecule has 13 heavy (non-hydrogen) atoms. The summed E-state index contributed by atoms with van der Waals surface area (Å²) in [6, 6.07) is 6.92. The number of anilines is 1. The number of nitrogens with one attached hydrogen (secondary N) is 1. The first-order chi connectivity index (χ1) is 6.15. The molecule has 0 fully saturated rings. The van der Waals surface area contributed by atoms with Gasteiger partial charge < -0.3 is 5.32 Å². The summed E-state index contributed by atoms with van der Waals surface area (Å²) in [4.78, 5) is 12.7. The molecule has 1 aromatic carbocycles. The van der Waals surface area contributed by atoms with Crippen LogP contribution in [0.25, 0.3) is 0 Å². The van der Waals surface area contributed by atoms with Crippen LogP contribution in [0.4, 0.5) is 10.5 Å². The van der Waals surface area contributed by atoms with Gasteiger partial charge in [-0.3, -0.25) is 4.90 Å². The first kappa shape index (κ1) is 9.86. The van der Waals surface area contributed by atoms with Gasteiger partial charge in [-0.1, -0.05) is 11.6 Å². The van der Waals surface area contributed by atoms with Crippen LogP contribution in [0.3, 0.4) is 0 Å². The van der Waals surface area contributed by atoms with E-state index in [2.05, 4.69) is 5.32 Å². The molecular formula is C9H11ClN2O. The third kappa shape index (κ3) is 2.36. The Bertz CT molecular complexity index is 297. The Balaban J connectivity index is 2.83. The van der Waals surface area contributed by atoms with Gasteiger partial charge in [0, 0.05) is 24.8 Å². The van der Waals surface area contributed by atoms with Crippen LogP contribution in [0.5, 0.6) is 0 Å². The molecule has 0 saturated heterocycles. The van der Waals surface area contributed by atoms with E-state index >= 15 is 0 Å². The van der Waals surface area contributed by atoms with Crippen molar-refractivity contribution in [2.45, 2.75) is 0 Å². The number of hydrogen-bond acceptors (Lipinski definition) is 1. The second-order valence-corrected chi connectivity index (χ2v) is 3.03. The molecule has 0 spiro atoms. The molecule has 0 aromatic heterocycles. The van der Waals surface area contributed by atoms with E-state index in [1.807, 2.05) is 0 Å². The average molecular weight is 199 g/mol. The van der Waals surface area contributed by atoms with Crippen LogP contribution in [0.2, 0.25) is 5.02 Å². The largest absolute Gasteiger partial charge is 0.341 e. The van der Waals surface area contributed by atoms with Crippen LogP contribution in [0.15, 0.2) is 24.3 Å². The van der Waals surface area contributed by atoms with E-state index in [1.54, 1.807) is 38.4 Å². The molecule has 0 heterocycles. The van der Waals surface area contributed by atoms with Crippen LogP contribution in [0, 0.1) is 0 Å². The summed E-state index contributed by atoms with van der Waals surface area (Å²) in [5, 5.41) is 3.19. The second kappa shape index (κ2) is 4.14. The van der Waals surface area contributed by atoms with E-state index in [-0.39, 0.29) is 6.03 Å². The summed E-state index contributed by atoms with van der Waals surface area (Å²) in [5.41, 5.74) is 0.809. The number of nitrogens with zero attached hydrogens (tertiary/aromatic N) is 1. The standard InChI is InChI=1S/C9H11ClN2O/c1-11-9(13)12(2)8-5-3-7(10)4-6-8/h3-6H,1-2H3,(H,11,13). The molecule has 0 aliphatic rings. The molecule has 0 atom stereocenters. The third-order valence-corrected chi connectivity index (χ3v) is 1.98. The van der Waals surface area contributed by atoms with Gasteiger partial charge in [-0.25, -0.2) is 4.79 Å². The van der Waals surface area contributed by atoms with Gasteiger partial charge in [-0.15, -0.1) is 0 Å². The molecule has 1 N–H and O–H groups in total. The van der Waals surface area contributed by atoms with Gasteiger partial charge in [-0.2, -0.15) is 0 Å². The maximum Gasteiger partial charge on any atom is 0.321 e. The van der Waals surface area contributed by atoms with Crippen molar-refractivity contribution in [3.63, 3.8) is 0 Å². The average Bonchev–Trinajstić information content (AvgIpc) is 2.17. The molecule has 3 nitrogen and oxygen atoms in total. The zero-order chi connectivity index (χ0) is 9.84. The van der Waals surface area contributed by atoms with Gasteiger partial charge in [0.1, 0.15) is 0 Å². The normalized spacial score (nSPS) is 9.46. The van der Waals surface area contributed by atoms with E-state index < -0.39 is 0 Å². The fourth-order valence-corrected chi connectivity index (χ4v) is 1.08. The number of carbonyl (C=O) groups is 1. The first-order valence-electron chi connectivity index (χ1n) is 3.86. The molecule has 1 aromatic rings. The number of halogens is 1. The SMILES string of the molecule is CNC(=O)N(C)c1ccc(Cl)cc1. The van der Waals surface area contributed by atoms with Crippen molar-refractivity contribution < 1.29 is 4.79 Å². The van der Waals surface area contributed by atoms with Crippen molar-refractivity contribution in [1.82, 2.24) is 5.32 Å². The van der Waals surface area contributed by atoms with Crippen LogP contribution in [0.1, 0.15) is 0 Å². The van der Waals surface area contributed by atoms with Crippen LogP contribution >= 0.6 is 11.6 Å². The topological polar surface area (TPSA) is 32.3 Å². The summed E-state index contributed by atoms with van der Waals surface area (Å²) < 4.78 is 0. The maximum atomic E-state index is 11.2. The summed E-state index contributed by atoms with van der Waals surface area (Å²) in [6.07, 6.45) is 0. The Kier molecular flexibility index (Phi) is 3.14. The molecule has 4 heteroatoms. The number of urea groups is 1. The zero-order valence-corrected chi connectivity index (χ0v) is 8.30. The Morgan fingerprint density at radius 2 is 1.92 bits per heavy atom. The van der Waals surface area contributed by atoms with Crippen molar-refractivity contribution in [1.29, 1.82) is 0 Å². The highest BCUT2D eigenvalue weighted by molar-refractivity contribution is 6.30. The van der Waals surface area contributed by atoms with E-state index in [4.69, 9.17) is 11.6 Å². The lowest BCUT2D eigenvalue weighted by Gasteiger charge is -2.16. The predicted molar refractivity (Wildman–Crippen MR) is 54.3 cm³/mol. The molecule has 0 aliphatic heterocycles. The molecule has 70 valence electrons. The van der Waals surface area contributed by atoms with Crippen molar-refractivity contribution in [2.24, 2.45) is 0 Å². The van der Waals surface area contributed by atoms with Crippen molar-refractivity contribution in [3.05, 3.63) is 29.3 Å². The van der Waals surface area contributed by atoms with Gasteiger partial charge in [0.05, 0.1) is 0 Å². The van der Waals surface area contributed by atoms with Gasteiger partial charge >= 0.3 is 6.03 Å². The lowest BCUT2D eigenvalue weighted by atomic mass is 10.3. The number of rotatable bonds is 1. The fraction of sp³-hybridized carbons (Fsp3) is 0.222. The lowest BCUT2D eigenvalue weighted by molar-refractivity contribution is 0.249. The molecular weight excluding hydrogens is 188 g/mol. The smallest absolute Gasteiger partial charge is 0.321 e. The molecule has 0 saturated carbocycles. The summed E-state index contributed by atoms with van der Waals surface area (Å²) >= 11 is 5.71. The molecule has 0 aliphatic carbocycles. The molecule has 2 amide bonds. The summed E-state index contributed by atoms with van der Waals surface area (Å²) in [6.45, 7) is 0. The van der Waals surface area contributed by atoms with E-state index in [1.165, 1.54) is 4.90 Å². The van der Waals surface area contributed by atoms with E-state index in [0.29, 0.717) is 5.02 Å². The van der Waals surface area contributed by atoms with Gasteiger partial charge in [0.25, 0.3) is 0 Å². The molecule has 1 rings (SSSR count). The number of amides is 2. The highest BCUT2D eigenvalue weighted by Gasteiger charge is 2.07. The monoisotopic (exact) mass is 198 g/mol. The van der Waals surface area contributed by atoms with Gasteiger partial charge in [-0.05, 0) is 24.3 Å². The third-order valence-electron chi connectivity index (χ3n) is 1.73. The fourth-order valence-electron chi connectivity index (χ4n) is 0.950. The van der Waals surface area contributed by atoms with Gasteiger partial charge in [0.15, 0.2) is 0 Å². The minimum absolute atomic E-state index is 0.151. The van der Waals surface area contributed by atoms with Crippen molar-refractivity contribution in [2.75, 3.05) is 19.0 Å². The van der Waals surface area contributed by atoms with Crippen molar-refractivity contribution in [3.8, 4) is 0 Å². The van der Waals surface area contributed by atoms with Crippen molar-refractivity contribution >= 4 is 23.3 Å².